The van der Waals surface area contributed by atoms with Crippen LogP contribution < -0.4 is 5.32 Å². The van der Waals surface area contributed by atoms with Crippen molar-refractivity contribution in [2.45, 2.75) is 6.92 Å². The first kappa shape index (κ1) is 18.7. The van der Waals surface area contributed by atoms with Gasteiger partial charge in [0.1, 0.15) is 0 Å². The van der Waals surface area contributed by atoms with Crippen molar-refractivity contribution in [1.29, 1.82) is 0 Å². The maximum atomic E-state index is 10.4. The van der Waals surface area contributed by atoms with Gasteiger partial charge in [0.05, 0.1) is 25.2 Å². The lowest BCUT2D eigenvalue weighted by atomic mass is 10.6. The van der Waals surface area contributed by atoms with E-state index in [0.717, 1.165) is 0 Å². The molecule has 4 N–H and O–H groups in total. The Morgan fingerprint density at radius 1 is 1.54 bits per heavy atom. The van der Waals surface area contributed by atoms with Gasteiger partial charge in [-0.15, -0.1) is 23.2 Å². The molecule has 7 heteroatoms. The van der Waals surface area contributed by atoms with Crippen molar-refractivity contribution in [2.24, 2.45) is 0 Å². The van der Waals surface area contributed by atoms with Crippen LogP contribution >= 0.6 is 23.2 Å². The molecule has 0 aromatic carbocycles. The number of esters is 1. The number of aliphatic hydroxyl groups is 1. The van der Waals surface area contributed by atoms with Crippen LogP contribution in [0.4, 0.5) is 0 Å². The fraction of sp³-hybridized carbons (Fsp3) is 0.833. The summed E-state index contributed by atoms with van der Waals surface area (Å²) in [4.78, 5) is 10.4. The van der Waals surface area contributed by atoms with Crippen LogP contribution in [0.5, 0.6) is 0 Å². The van der Waals surface area contributed by atoms with Crippen LogP contribution in [0.3, 0.4) is 0 Å². The van der Waals surface area contributed by atoms with Crippen LogP contribution in [-0.2, 0) is 9.53 Å². The second-order valence-electron chi connectivity index (χ2n) is 1.49. The smallest absolute Gasteiger partial charge is 0.319 e. The molecule has 82 valence electrons. The molecule has 0 aromatic rings. The molecule has 0 unspecified atom stereocenters. The second-order valence-corrected chi connectivity index (χ2v) is 2.30. The quantitative estimate of drug-likeness (QED) is 0.398. The lowest BCUT2D eigenvalue weighted by Gasteiger charge is -1.99. The van der Waals surface area contributed by atoms with Gasteiger partial charge in [-0.05, 0) is 6.92 Å². The normalized spacial score (nSPS) is 7.69. The number of aliphatic hydroxyl groups excluding tert-OH is 1. The summed E-state index contributed by atoms with van der Waals surface area (Å²) in [5.74, 6) is -0.341. The lowest BCUT2D eigenvalue weighted by molar-refractivity contribution is -0.142. The molecule has 0 aromatic heterocycles. The number of ether oxygens (including phenoxy) is 1. The zero-order chi connectivity index (χ0) is 9.82. The van der Waals surface area contributed by atoms with Gasteiger partial charge in [0.15, 0.2) is 0 Å². The molecule has 0 aliphatic carbocycles. The van der Waals surface area contributed by atoms with Gasteiger partial charge in [-0.3, -0.25) is 10.1 Å². The number of alkyl halides is 2. The van der Waals surface area contributed by atoms with E-state index in [0.29, 0.717) is 6.61 Å². The Labute approximate surface area is 87.3 Å². The van der Waals surface area contributed by atoms with E-state index in [9.17, 15) is 4.79 Å². The summed E-state index contributed by atoms with van der Waals surface area (Å²) in [6, 6.07) is 0. The topological polar surface area (TPSA) is 90.1 Å². The van der Waals surface area contributed by atoms with Gasteiger partial charge < -0.3 is 15.3 Å². The van der Waals surface area contributed by atoms with E-state index in [1.54, 1.807) is 6.92 Å². The molecule has 0 saturated heterocycles. The van der Waals surface area contributed by atoms with Crippen LogP contribution in [0.1, 0.15) is 6.92 Å². The summed E-state index contributed by atoms with van der Waals surface area (Å²) in [5, 5.41) is 10.8. The number of hydrogen-bond donors (Lipinski definition) is 2. The van der Waals surface area contributed by atoms with E-state index in [1.807, 2.05) is 0 Å². The maximum Gasteiger partial charge on any atom is 0.319 e. The summed E-state index contributed by atoms with van der Waals surface area (Å²) >= 11 is 9.53. The molecule has 0 radical (unpaired) electrons. The van der Waals surface area contributed by atoms with E-state index in [4.69, 9.17) is 28.3 Å². The Balaban J connectivity index is -0.000000220. The van der Waals surface area contributed by atoms with Crippen LogP contribution in [0.2, 0.25) is 0 Å². The molecule has 5 nitrogen and oxygen atoms in total. The molecule has 0 aliphatic heterocycles. The highest BCUT2D eigenvalue weighted by atomic mass is 35.5. The summed E-state index contributed by atoms with van der Waals surface area (Å²) in [6.07, 6.45) is 0. The Morgan fingerprint density at radius 3 is 2.31 bits per heavy atom. The van der Waals surface area contributed by atoms with Crippen molar-refractivity contribution >= 4 is 29.2 Å². The molecule has 13 heavy (non-hydrogen) atoms. The van der Waals surface area contributed by atoms with Crippen molar-refractivity contribution in [3.63, 3.8) is 0 Å². The third kappa shape index (κ3) is 24.5. The lowest BCUT2D eigenvalue weighted by Crippen LogP contribution is -2.25. The first-order chi connectivity index (χ1) is 5.72. The zero-order valence-corrected chi connectivity index (χ0v) is 8.86. The van der Waals surface area contributed by atoms with E-state index >= 15 is 0 Å². The summed E-state index contributed by atoms with van der Waals surface area (Å²) in [7, 11) is 0. The van der Waals surface area contributed by atoms with Crippen molar-refractivity contribution < 1.29 is 20.1 Å². The molecule has 0 heterocycles. The van der Waals surface area contributed by atoms with Crippen molar-refractivity contribution in [1.82, 2.24) is 5.32 Å². The highest BCUT2D eigenvalue weighted by Gasteiger charge is 1.96. The highest BCUT2D eigenvalue weighted by Crippen LogP contribution is 1.73. The average molecular weight is 236 g/mol. The van der Waals surface area contributed by atoms with Crippen molar-refractivity contribution in [2.75, 3.05) is 25.2 Å². The van der Waals surface area contributed by atoms with Gasteiger partial charge in [-0.25, -0.2) is 0 Å². The third-order valence-electron chi connectivity index (χ3n) is 0.686. The molecule has 0 bridgehead atoms. The maximum absolute atomic E-state index is 10.4. The fourth-order valence-electron chi connectivity index (χ4n) is 0.370. The number of hydrogen-bond acceptors (Lipinski definition) is 4. The van der Waals surface area contributed by atoms with E-state index in [-0.39, 0.29) is 30.1 Å². The SMILES string of the molecule is CCOC(=O)CNCO.ClCCl.O. The molecule has 0 rings (SSSR count). The van der Waals surface area contributed by atoms with E-state index in [2.05, 4.69) is 10.1 Å². The van der Waals surface area contributed by atoms with Gasteiger partial charge in [-0.2, -0.15) is 0 Å². The number of rotatable bonds is 4. The molecule has 0 amide bonds. The van der Waals surface area contributed by atoms with E-state index in [1.165, 1.54) is 0 Å². The highest BCUT2D eigenvalue weighted by molar-refractivity contribution is 6.40. The van der Waals surface area contributed by atoms with Gasteiger partial charge >= 0.3 is 5.97 Å². The largest absolute Gasteiger partial charge is 0.465 e. The number of carbonyl (C=O) groups excluding carboxylic acids is 1. The van der Waals surface area contributed by atoms with Crippen LogP contribution in [0, 0.1) is 0 Å². The van der Waals surface area contributed by atoms with Crippen LogP contribution in [0.25, 0.3) is 0 Å². The molecule has 0 fully saturated rings. The molecular weight excluding hydrogens is 221 g/mol. The molecule has 0 atom stereocenters. The minimum atomic E-state index is -0.341. The molecule has 0 aliphatic rings. The predicted octanol–water partition coefficient (Wildman–Crippen LogP) is -0.314. The molecule has 0 saturated carbocycles. The van der Waals surface area contributed by atoms with Gasteiger partial charge in [0.2, 0.25) is 0 Å². The van der Waals surface area contributed by atoms with Gasteiger partial charge in [0, 0.05) is 0 Å². The second kappa shape index (κ2) is 17.9. The average Bonchev–Trinajstić information content (AvgIpc) is 2.03. The third-order valence-corrected chi connectivity index (χ3v) is 0.686. The Bertz CT molecular complexity index is 105. The van der Waals surface area contributed by atoms with Crippen molar-refractivity contribution in [3.8, 4) is 0 Å². The van der Waals surface area contributed by atoms with Crippen molar-refractivity contribution in [3.05, 3.63) is 0 Å². The minimum absolute atomic E-state index is 0. The number of carbonyl (C=O) groups is 1. The van der Waals surface area contributed by atoms with Crippen LogP contribution in [-0.4, -0.2) is 41.8 Å². The monoisotopic (exact) mass is 235 g/mol. The predicted molar refractivity (Wildman–Crippen MR) is 51.9 cm³/mol. The fourth-order valence-corrected chi connectivity index (χ4v) is 0.370. The Hall–Kier alpha value is -0.0700. The number of halogens is 2. The van der Waals surface area contributed by atoms with E-state index < -0.39 is 0 Å². The standard InChI is InChI=1S/C5H11NO3.CH2Cl2.H2O/c1-2-9-5(8)3-6-4-7;2-1-3;/h6-7H,2-4H2,1H3;1H2;1H2. The summed E-state index contributed by atoms with van der Waals surface area (Å²) < 4.78 is 4.53. The Morgan fingerprint density at radius 2 is 2.00 bits per heavy atom. The zero-order valence-electron chi connectivity index (χ0n) is 7.35. The number of nitrogens with one attached hydrogen (secondary N) is 1. The summed E-state index contributed by atoms with van der Waals surface area (Å²) in [5.41, 5.74) is 0. The minimum Gasteiger partial charge on any atom is -0.465 e. The Kier molecular flexibility index (Phi) is 25.7. The van der Waals surface area contributed by atoms with Crippen LogP contribution in [0.15, 0.2) is 0 Å². The summed E-state index contributed by atoms with van der Waals surface area (Å²) in [6.45, 7) is 1.99. The molecular formula is C6H15Cl2NO4. The first-order valence-electron chi connectivity index (χ1n) is 3.32. The van der Waals surface area contributed by atoms with Gasteiger partial charge in [0.25, 0.3) is 0 Å². The van der Waals surface area contributed by atoms with Gasteiger partial charge in [-0.1, -0.05) is 0 Å². The molecule has 0 spiro atoms. The first-order valence-corrected chi connectivity index (χ1v) is 4.38.